The largest absolute Gasteiger partial charge is 0.457 e. The monoisotopic (exact) mass is 377 g/mol. The second kappa shape index (κ2) is 7.29. The van der Waals surface area contributed by atoms with Crippen molar-refractivity contribution in [2.24, 2.45) is 0 Å². The zero-order valence-electron chi connectivity index (χ0n) is 13.7. The molecule has 0 spiro atoms. The number of carbonyl (C=O) groups is 1. The maximum Gasteiger partial charge on any atom is 0.416 e. The number of nitrogens with zero attached hydrogens (tertiary/aromatic N) is 1. The fourth-order valence-corrected chi connectivity index (χ4v) is 3.39. The Balaban J connectivity index is 1.77. The third-order valence-corrected chi connectivity index (χ3v) is 4.87. The molecule has 0 radical (unpaired) electrons. The molecule has 0 bridgehead atoms. The summed E-state index contributed by atoms with van der Waals surface area (Å²) in [5.41, 5.74) is 0.461. The lowest BCUT2D eigenvalue weighted by molar-refractivity contribution is -0.138. The van der Waals surface area contributed by atoms with Gasteiger partial charge in [-0.05, 0) is 13.0 Å². The zero-order valence-corrected chi connectivity index (χ0v) is 14.5. The summed E-state index contributed by atoms with van der Waals surface area (Å²) in [6, 6.07) is 14.4. The average Bonchev–Trinajstić information content (AvgIpc) is 3.02. The summed E-state index contributed by atoms with van der Waals surface area (Å²) in [6.07, 6.45) is -4.50. The van der Waals surface area contributed by atoms with Crippen LogP contribution < -0.4 is 0 Å². The molecule has 1 heterocycles. The van der Waals surface area contributed by atoms with E-state index in [0.29, 0.717) is 10.7 Å². The van der Waals surface area contributed by atoms with E-state index in [4.69, 9.17) is 4.74 Å². The summed E-state index contributed by atoms with van der Waals surface area (Å²) in [4.78, 5) is 16.9. The number of aryl methyl sites for hydroxylation is 1. The Hall–Kier alpha value is -2.67. The van der Waals surface area contributed by atoms with E-state index < -0.39 is 24.3 Å². The normalized spacial score (nSPS) is 11.4. The molecule has 0 aliphatic heterocycles. The summed E-state index contributed by atoms with van der Waals surface area (Å²) in [6.45, 7) is 1.22. The Morgan fingerprint density at radius 2 is 1.73 bits per heavy atom. The molecule has 3 rings (SSSR count). The fraction of sp³-hybridized carbons (Fsp3) is 0.158. The summed E-state index contributed by atoms with van der Waals surface area (Å²) in [5.74, 6) is -0.681. The van der Waals surface area contributed by atoms with Gasteiger partial charge < -0.3 is 4.74 Å². The van der Waals surface area contributed by atoms with Crippen molar-refractivity contribution in [2.45, 2.75) is 19.7 Å². The number of hydrogen-bond donors (Lipinski definition) is 0. The maximum absolute atomic E-state index is 13.0. The van der Waals surface area contributed by atoms with Gasteiger partial charge in [-0.15, -0.1) is 11.3 Å². The van der Waals surface area contributed by atoms with Gasteiger partial charge in [0.1, 0.15) is 16.5 Å². The van der Waals surface area contributed by atoms with Crippen LogP contribution in [0.25, 0.3) is 10.6 Å². The molecule has 0 amide bonds. The predicted octanol–water partition coefficient (Wildman–Crippen LogP) is 5.49. The summed E-state index contributed by atoms with van der Waals surface area (Å²) >= 11 is 1.16. The predicted molar refractivity (Wildman–Crippen MR) is 92.9 cm³/mol. The molecule has 3 nitrogen and oxygen atoms in total. The molecule has 0 saturated carbocycles. The van der Waals surface area contributed by atoms with Gasteiger partial charge in [0, 0.05) is 11.1 Å². The number of esters is 1. The van der Waals surface area contributed by atoms with Crippen molar-refractivity contribution < 1.29 is 22.7 Å². The van der Waals surface area contributed by atoms with E-state index in [0.717, 1.165) is 23.0 Å². The van der Waals surface area contributed by atoms with Crippen molar-refractivity contribution >= 4 is 17.3 Å². The molecule has 1 aromatic heterocycles. The van der Waals surface area contributed by atoms with Gasteiger partial charge in [-0.2, -0.15) is 13.2 Å². The Kier molecular flexibility index (Phi) is 5.08. The quantitative estimate of drug-likeness (QED) is 0.564. The lowest BCUT2D eigenvalue weighted by Gasteiger charge is -2.12. The van der Waals surface area contributed by atoms with Crippen LogP contribution in [-0.4, -0.2) is 11.0 Å². The molecule has 0 N–H and O–H groups in total. The summed E-state index contributed by atoms with van der Waals surface area (Å²) < 4.78 is 44.1. The van der Waals surface area contributed by atoms with Crippen LogP contribution in [0, 0.1) is 6.92 Å². The number of benzene rings is 2. The van der Waals surface area contributed by atoms with Crippen molar-refractivity contribution in [2.75, 3.05) is 0 Å². The van der Waals surface area contributed by atoms with E-state index in [1.165, 1.54) is 18.2 Å². The first-order chi connectivity index (χ1) is 12.4. The fourth-order valence-electron chi connectivity index (χ4n) is 2.42. The highest BCUT2D eigenvalue weighted by Crippen LogP contribution is 2.33. The van der Waals surface area contributed by atoms with Gasteiger partial charge in [-0.3, -0.25) is 0 Å². The minimum absolute atomic E-state index is 0.0844. The van der Waals surface area contributed by atoms with Gasteiger partial charge in [0.2, 0.25) is 0 Å². The number of rotatable bonds is 4. The molecule has 0 aliphatic rings. The molecule has 0 atom stereocenters. The number of thiazole rings is 1. The Morgan fingerprint density at radius 1 is 1.08 bits per heavy atom. The van der Waals surface area contributed by atoms with Crippen molar-refractivity contribution in [3.63, 3.8) is 0 Å². The first-order valence-electron chi connectivity index (χ1n) is 7.71. The molecule has 3 aromatic rings. The molecule has 0 unspecified atom stereocenters. The lowest BCUT2D eigenvalue weighted by atomic mass is 10.1. The van der Waals surface area contributed by atoms with Crippen LogP contribution >= 0.6 is 11.3 Å². The number of alkyl halides is 3. The highest BCUT2D eigenvalue weighted by Gasteiger charge is 2.33. The van der Waals surface area contributed by atoms with E-state index in [-0.39, 0.29) is 10.4 Å². The molecule has 2 aromatic carbocycles. The van der Waals surface area contributed by atoms with Crippen LogP contribution in [0.3, 0.4) is 0 Å². The highest BCUT2D eigenvalue weighted by molar-refractivity contribution is 7.17. The third kappa shape index (κ3) is 3.94. The van der Waals surface area contributed by atoms with Crippen LogP contribution in [0.1, 0.15) is 26.5 Å². The number of carbonyl (C=O) groups excluding carboxylic acids is 1. The Morgan fingerprint density at radius 3 is 2.42 bits per heavy atom. The van der Waals surface area contributed by atoms with Crippen molar-refractivity contribution in [3.05, 3.63) is 76.3 Å². The molecule has 7 heteroatoms. The first kappa shape index (κ1) is 18.1. The van der Waals surface area contributed by atoms with Crippen molar-refractivity contribution in [1.29, 1.82) is 0 Å². The third-order valence-electron chi connectivity index (χ3n) is 3.68. The number of ether oxygens (including phenoxy) is 1. The van der Waals surface area contributed by atoms with Gasteiger partial charge in [0.15, 0.2) is 0 Å². The van der Waals surface area contributed by atoms with Gasteiger partial charge in [-0.1, -0.05) is 48.5 Å². The molecule has 0 aliphatic carbocycles. The number of hydrogen-bond acceptors (Lipinski definition) is 4. The first-order valence-corrected chi connectivity index (χ1v) is 8.53. The average molecular weight is 377 g/mol. The molecular formula is C19H14F3NO2S. The summed E-state index contributed by atoms with van der Waals surface area (Å²) in [7, 11) is 0. The molecule has 26 heavy (non-hydrogen) atoms. The smallest absolute Gasteiger partial charge is 0.416 e. The number of halogens is 3. The standard InChI is InChI=1S/C19H14F3NO2S/c1-12-16(26-17(23-12)13-7-3-2-4-8-13)18(24)25-11-14-9-5-6-10-15(14)19(20,21)22/h2-10H,11H2,1H3. The topological polar surface area (TPSA) is 39.2 Å². The molecule has 0 fully saturated rings. The van der Waals surface area contributed by atoms with Crippen LogP contribution in [0.5, 0.6) is 0 Å². The highest BCUT2D eigenvalue weighted by atomic mass is 32.1. The summed E-state index contributed by atoms with van der Waals surface area (Å²) in [5, 5.41) is 0.658. The van der Waals surface area contributed by atoms with Crippen molar-refractivity contribution in [1.82, 2.24) is 4.98 Å². The van der Waals surface area contributed by atoms with E-state index in [1.807, 2.05) is 30.3 Å². The molecule has 134 valence electrons. The van der Waals surface area contributed by atoms with Crippen LogP contribution in [0.4, 0.5) is 13.2 Å². The minimum Gasteiger partial charge on any atom is -0.457 e. The van der Waals surface area contributed by atoms with Crippen LogP contribution in [0.2, 0.25) is 0 Å². The lowest BCUT2D eigenvalue weighted by Crippen LogP contribution is -2.12. The van der Waals surface area contributed by atoms with Crippen LogP contribution in [-0.2, 0) is 17.5 Å². The van der Waals surface area contributed by atoms with Crippen molar-refractivity contribution in [3.8, 4) is 10.6 Å². The van der Waals surface area contributed by atoms with E-state index in [1.54, 1.807) is 6.92 Å². The minimum atomic E-state index is -4.50. The van der Waals surface area contributed by atoms with E-state index in [9.17, 15) is 18.0 Å². The number of aromatic nitrogens is 1. The zero-order chi connectivity index (χ0) is 18.7. The van der Waals surface area contributed by atoms with Gasteiger partial charge in [0.25, 0.3) is 0 Å². The van der Waals surface area contributed by atoms with E-state index >= 15 is 0 Å². The molecule has 0 saturated heterocycles. The second-order valence-electron chi connectivity index (χ2n) is 5.53. The Bertz CT molecular complexity index is 920. The maximum atomic E-state index is 13.0. The van der Waals surface area contributed by atoms with Gasteiger partial charge in [0.05, 0.1) is 11.3 Å². The van der Waals surface area contributed by atoms with Gasteiger partial charge >= 0.3 is 12.1 Å². The second-order valence-corrected chi connectivity index (χ2v) is 6.53. The SMILES string of the molecule is Cc1nc(-c2ccccc2)sc1C(=O)OCc1ccccc1C(F)(F)F. The Labute approximate surface area is 152 Å². The van der Waals surface area contributed by atoms with E-state index in [2.05, 4.69) is 4.98 Å². The van der Waals surface area contributed by atoms with Crippen LogP contribution in [0.15, 0.2) is 54.6 Å². The molecular weight excluding hydrogens is 363 g/mol. The van der Waals surface area contributed by atoms with Gasteiger partial charge in [-0.25, -0.2) is 9.78 Å².